The molecule has 9 heteroatoms. The molecule has 1 heterocycles. The molecule has 1 aliphatic rings. The van der Waals surface area contributed by atoms with Crippen molar-refractivity contribution < 1.29 is 18.0 Å². The van der Waals surface area contributed by atoms with Gasteiger partial charge in [0.1, 0.15) is 0 Å². The Morgan fingerprint density at radius 2 is 1.90 bits per heavy atom. The number of likely N-dealkylation sites (tertiary alicyclic amines) is 1. The summed E-state index contributed by atoms with van der Waals surface area (Å²) in [5.74, 6) is -0.0656. The Morgan fingerprint density at radius 1 is 1.33 bits per heavy atom. The van der Waals surface area contributed by atoms with Gasteiger partial charge >= 0.3 is 6.18 Å². The summed E-state index contributed by atoms with van der Waals surface area (Å²) in [6.07, 6.45) is -3.47. The summed E-state index contributed by atoms with van der Waals surface area (Å²) in [6.45, 7) is 4.08. The number of carbonyl (C=O) groups is 1. The highest BCUT2D eigenvalue weighted by Crippen LogP contribution is 2.22. The van der Waals surface area contributed by atoms with Gasteiger partial charge in [-0.3, -0.25) is 9.69 Å². The van der Waals surface area contributed by atoms with Crippen molar-refractivity contribution in [3.8, 4) is 0 Å². The molecule has 0 aromatic carbocycles. The molecule has 3 N–H and O–H groups in total. The van der Waals surface area contributed by atoms with Gasteiger partial charge in [-0.2, -0.15) is 13.2 Å². The first kappa shape index (κ1) is 23.0. The summed E-state index contributed by atoms with van der Waals surface area (Å²) >= 11 is 0. The number of carbonyl (C=O) groups excluding carboxylic acids is 1. The smallest absolute Gasteiger partial charge is 0.355 e. The van der Waals surface area contributed by atoms with Crippen LogP contribution in [0.4, 0.5) is 13.2 Å². The average molecular weight is 354 g/mol. The van der Waals surface area contributed by atoms with Crippen LogP contribution in [0.15, 0.2) is 0 Å². The van der Waals surface area contributed by atoms with E-state index in [1.165, 1.54) is 4.90 Å². The van der Waals surface area contributed by atoms with Crippen molar-refractivity contribution >= 4 is 30.7 Å². The van der Waals surface area contributed by atoms with Crippen LogP contribution in [0.5, 0.6) is 0 Å². The molecule has 4 nitrogen and oxygen atoms in total. The standard InChI is InChI=1S/C12H22F3N3O.2ClH/c1-11(2,7-16)10(19)17-5-9-3-4-18(6-9)8-12(13,14)15;;/h9H,3-8,16H2,1-2H3,(H,17,19);2*1H. The third kappa shape index (κ3) is 8.09. The van der Waals surface area contributed by atoms with Gasteiger partial charge in [0.2, 0.25) is 5.91 Å². The summed E-state index contributed by atoms with van der Waals surface area (Å²) in [5, 5.41) is 2.77. The van der Waals surface area contributed by atoms with Crippen molar-refractivity contribution in [3.63, 3.8) is 0 Å². The van der Waals surface area contributed by atoms with Crippen molar-refractivity contribution in [3.05, 3.63) is 0 Å². The molecule has 1 saturated heterocycles. The Bertz CT molecular complexity index is 327. The number of halogens is 5. The number of hydrogen-bond donors (Lipinski definition) is 2. The lowest BCUT2D eigenvalue weighted by molar-refractivity contribution is -0.143. The first-order chi connectivity index (χ1) is 8.64. The molecule has 1 rings (SSSR count). The van der Waals surface area contributed by atoms with Crippen LogP contribution in [0.3, 0.4) is 0 Å². The lowest BCUT2D eigenvalue weighted by Gasteiger charge is -2.23. The first-order valence-electron chi connectivity index (χ1n) is 6.41. The van der Waals surface area contributed by atoms with E-state index in [1.807, 2.05) is 0 Å². The zero-order chi connectivity index (χ0) is 14.7. The van der Waals surface area contributed by atoms with Crippen molar-refractivity contribution in [2.45, 2.75) is 26.4 Å². The second kappa shape index (κ2) is 9.02. The first-order valence-corrected chi connectivity index (χ1v) is 6.41. The number of nitrogens with two attached hydrogens (primary N) is 1. The van der Waals surface area contributed by atoms with Gasteiger partial charge in [-0.05, 0) is 32.7 Å². The van der Waals surface area contributed by atoms with Crippen molar-refractivity contribution in [1.29, 1.82) is 0 Å². The summed E-state index contributed by atoms with van der Waals surface area (Å²) in [7, 11) is 0. The fourth-order valence-corrected chi connectivity index (χ4v) is 2.05. The third-order valence-corrected chi connectivity index (χ3v) is 3.45. The van der Waals surface area contributed by atoms with Gasteiger partial charge in [0.05, 0.1) is 12.0 Å². The molecule has 21 heavy (non-hydrogen) atoms. The van der Waals surface area contributed by atoms with Gasteiger partial charge < -0.3 is 11.1 Å². The molecule has 1 amide bonds. The molecule has 1 unspecified atom stereocenters. The molecule has 0 bridgehead atoms. The Kier molecular flexibility index (Phi) is 9.90. The summed E-state index contributed by atoms with van der Waals surface area (Å²) < 4.78 is 36.7. The van der Waals surface area contributed by atoms with E-state index in [2.05, 4.69) is 5.32 Å². The van der Waals surface area contributed by atoms with Gasteiger partial charge in [0, 0.05) is 19.6 Å². The van der Waals surface area contributed by atoms with E-state index >= 15 is 0 Å². The number of hydrogen-bond acceptors (Lipinski definition) is 3. The molecule has 1 atom stereocenters. The predicted octanol–water partition coefficient (Wildman–Crippen LogP) is 1.82. The summed E-state index contributed by atoms with van der Waals surface area (Å²) in [6, 6.07) is 0. The van der Waals surface area contributed by atoms with Crippen LogP contribution >= 0.6 is 24.8 Å². The number of nitrogens with one attached hydrogen (secondary N) is 1. The van der Waals surface area contributed by atoms with Crippen LogP contribution in [-0.2, 0) is 4.79 Å². The molecule has 1 fully saturated rings. The molecule has 0 aromatic rings. The zero-order valence-corrected chi connectivity index (χ0v) is 13.8. The maximum Gasteiger partial charge on any atom is 0.401 e. The zero-order valence-electron chi connectivity index (χ0n) is 12.2. The Labute approximate surface area is 135 Å². The van der Waals surface area contributed by atoms with Gasteiger partial charge in [-0.1, -0.05) is 0 Å². The van der Waals surface area contributed by atoms with Gasteiger partial charge in [0.25, 0.3) is 0 Å². The molecule has 128 valence electrons. The second-order valence-electron chi connectivity index (χ2n) is 5.80. The van der Waals surface area contributed by atoms with E-state index in [0.29, 0.717) is 26.1 Å². The lowest BCUT2D eigenvalue weighted by Crippen LogP contribution is -2.43. The molecule has 0 saturated carbocycles. The highest BCUT2D eigenvalue weighted by atomic mass is 35.5. The fraction of sp³-hybridized carbons (Fsp3) is 0.917. The quantitative estimate of drug-likeness (QED) is 0.792. The Balaban J connectivity index is 0. The monoisotopic (exact) mass is 353 g/mol. The van der Waals surface area contributed by atoms with Crippen LogP contribution < -0.4 is 11.1 Å². The maximum atomic E-state index is 12.2. The highest BCUT2D eigenvalue weighted by Gasteiger charge is 2.34. The van der Waals surface area contributed by atoms with Gasteiger partial charge in [-0.15, -0.1) is 24.8 Å². The van der Waals surface area contributed by atoms with E-state index in [-0.39, 0.29) is 43.2 Å². The van der Waals surface area contributed by atoms with Crippen LogP contribution in [0.1, 0.15) is 20.3 Å². The van der Waals surface area contributed by atoms with E-state index < -0.39 is 18.1 Å². The van der Waals surface area contributed by atoms with Crippen LogP contribution in [-0.4, -0.2) is 49.7 Å². The summed E-state index contributed by atoms with van der Waals surface area (Å²) in [5.41, 5.74) is 4.85. The van der Waals surface area contributed by atoms with E-state index in [4.69, 9.17) is 5.73 Å². The molecular formula is C12H24Cl2F3N3O. The average Bonchev–Trinajstić information content (AvgIpc) is 2.71. The van der Waals surface area contributed by atoms with Crippen molar-refractivity contribution in [2.24, 2.45) is 17.1 Å². The predicted molar refractivity (Wildman–Crippen MR) is 80.9 cm³/mol. The number of alkyl halides is 3. The molecule has 0 radical (unpaired) electrons. The maximum absolute atomic E-state index is 12.2. The van der Waals surface area contributed by atoms with Gasteiger partial charge in [-0.25, -0.2) is 0 Å². The molecular weight excluding hydrogens is 330 g/mol. The molecule has 0 spiro atoms. The minimum absolute atomic E-state index is 0. The fourth-order valence-electron chi connectivity index (χ4n) is 2.05. The molecule has 1 aliphatic heterocycles. The highest BCUT2D eigenvalue weighted by molar-refractivity contribution is 5.85. The van der Waals surface area contributed by atoms with E-state index in [1.54, 1.807) is 13.8 Å². The van der Waals surface area contributed by atoms with Gasteiger partial charge in [0.15, 0.2) is 0 Å². The van der Waals surface area contributed by atoms with Crippen molar-refractivity contribution in [2.75, 3.05) is 32.7 Å². The van der Waals surface area contributed by atoms with E-state index in [0.717, 1.165) is 0 Å². The number of nitrogens with zero attached hydrogens (tertiary/aromatic N) is 1. The normalized spacial score (nSPS) is 19.6. The minimum atomic E-state index is -4.15. The minimum Gasteiger partial charge on any atom is -0.355 e. The molecule has 0 aromatic heterocycles. The van der Waals surface area contributed by atoms with E-state index in [9.17, 15) is 18.0 Å². The topological polar surface area (TPSA) is 58.4 Å². The molecule has 0 aliphatic carbocycles. The Hall–Kier alpha value is -0.240. The summed E-state index contributed by atoms with van der Waals surface area (Å²) in [4.78, 5) is 13.2. The number of rotatable bonds is 5. The lowest BCUT2D eigenvalue weighted by atomic mass is 9.92. The second-order valence-corrected chi connectivity index (χ2v) is 5.80. The SMILES string of the molecule is CC(C)(CN)C(=O)NCC1CCN(CC(F)(F)F)C1.Cl.Cl. The van der Waals surface area contributed by atoms with Crippen LogP contribution in [0.25, 0.3) is 0 Å². The van der Waals surface area contributed by atoms with Crippen molar-refractivity contribution in [1.82, 2.24) is 10.2 Å². The largest absolute Gasteiger partial charge is 0.401 e. The van der Waals surface area contributed by atoms with Crippen LogP contribution in [0.2, 0.25) is 0 Å². The van der Waals surface area contributed by atoms with Crippen LogP contribution in [0, 0.1) is 11.3 Å². The third-order valence-electron chi connectivity index (χ3n) is 3.45. The number of amides is 1. The Morgan fingerprint density at radius 3 is 2.38 bits per heavy atom.